The van der Waals surface area contributed by atoms with E-state index in [9.17, 15) is 4.79 Å². The van der Waals surface area contributed by atoms with Gasteiger partial charge in [-0.05, 0) is 50.9 Å². The zero-order valence-corrected chi connectivity index (χ0v) is 15.0. The van der Waals surface area contributed by atoms with Gasteiger partial charge in [0.25, 0.3) is 0 Å². The predicted octanol–water partition coefficient (Wildman–Crippen LogP) is 4.89. The second-order valence-corrected chi connectivity index (χ2v) is 6.36. The van der Waals surface area contributed by atoms with E-state index in [2.05, 4.69) is 31.2 Å². The molecule has 134 valence electrons. The molecule has 23 heavy (non-hydrogen) atoms. The predicted molar refractivity (Wildman–Crippen MR) is 99.1 cm³/mol. The minimum absolute atomic E-state index is 0.145. The molecular formula is C20H37NO2. The summed E-state index contributed by atoms with van der Waals surface area (Å²) in [7, 11) is 0. The number of aliphatic hydroxyl groups is 1. The molecule has 0 aromatic carbocycles. The fraction of sp³-hybridized carbons (Fsp3) is 0.750. The Balaban J connectivity index is 3.49. The summed E-state index contributed by atoms with van der Waals surface area (Å²) < 4.78 is 0. The van der Waals surface area contributed by atoms with E-state index in [1.54, 1.807) is 0 Å². The lowest BCUT2D eigenvalue weighted by Crippen LogP contribution is -2.17. The molecular weight excluding hydrogens is 286 g/mol. The van der Waals surface area contributed by atoms with E-state index in [0.29, 0.717) is 12.8 Å². The van der Waals surface area contributed by atoms with Crippen LogP contribution in [0, 0.1) is 5.92 Å². The Kier molecular flexibility index (Phi) is 16.4. The molecule has 3 nitrogen and oxygen atoms in total. The van der Waals surface area contributed by atoms with E-state index in [-0.39, 0.29) is 18.4 Å². The van der Waals surface area contributed by atoms with Gasteiger partial charge in [-0.25, -0.2) is 0 Å². The number of nitrogens with two attached hydrogens (primary N) is 1. The lowest BCUT2D eigenvalue weighted by Gasteiger charge is -2.13. The molecule has 0 saturated heterocycles. The van der Waals surface area contributed by atoms with Crippen LogP contribution in [0.2, 0.25) is 0 Å². The highest BCUT2D eigenvalue weighted by atomic mass is 16.3. The molecule has 1 amide bonds. The summed E-state index contributed by atoms with van der Waals surface area (Å²) in [5, 5.41) is 8.99. The number of hydrogen-bond acceptors (Lipinski definition) is 2. The van der Waals surface area contributed by atoms with Crippen LogP contribution in [0.5, 0.6) is 0 Å². The largest absolute Gasteiger partial charge is 0.396 e. The van der Waals surface area contributed by atoms with Gasteiger partial charge < -0.3 is 10.8 Å². The number of carbonyl (C=O) groups is 1. The number of allylic oxidation sites excluding steroid dienone is 4. The van der Waals surface area contributed by atoms with Gasteiger partial charge in [0, 0.05) is 13.0 Å². The molecule has 0 aliphatic carbocycles. The maximum atomic E-state index is 10.9. The maximum absolute atomic E-state index is 10.9. The van der Waals surface area contributed by atoms with Crippen LogP contribution in [-0.4, -0.2) is 17.6 Å². The first kappa shape index (κ1) is 21.9. The quantitative estimate of drug-likeness (QED) is 0.314. The molecule has 1 unspecified atom stereocenters. The van der Waals surface area contributed by atoms with Crippen molar-refractivity contribution >= 4 is 5.91 Å². The van der Waals surface area contributed by atoms with Crippen LogP contribution in [0.3, 0.4) is 0 Å². The van der Waals surface area contributed by atoms with Gasteiger partial charge in [-0.3, -0.25) is 4.79 Å². The first-order valence-corrected chi connectivity index (χ1v) is 9.39. The number of rotatable bonds is 16. The van der Waals surface area contributed by atoms with Crippen LogP contribution in [0.4, 0.5) is 0 Å². The summed E-state index contributed by atoms with van der Waals surface area (Å²) in [6.45, 7) is 2.38. The molecule has 3 heteroatoms. The number of amides is 1. The molecule has 0 aliphatic rings. The summed E-state index contributed by atoms with van der Waals surface area (Å²) in [6, 6.07) is 0. The van der Waals surface area contributed by atoms with Crippen LogP contribution in [0.1, 0.15) is 84.0 Å². The smallest absolute Gasteiger partial charge is 0.217 e. The standard InChI is InChI=1S/C20H37NO2/c1-2-3-4-5-6-7-8-9-10-11-12-13-14-15-19(16-17-22)18-20(21)23/h6-7,9-10,19,22H,2-5,8,11-18H2,1H3,(H2,21,23)/b7-6-,10-9-. The zero-order valence-electron chi connectivity index (χ0n) is 15.0. The summed E-state index contributed by atoms with van der Waals surface area (Å²) in [5.41, 5.74) is 5.23. The van der Waals surface area contributed by atoms with Crippen LogP contribution in [-0.2, 0) is 4.79 Å². The zero-order chi connectivity index (χ0) is 17.2. The minimum atomic E-state index is -0.255. The van der Waals surface area contributed by atoms with Gasteiger partial charge in [0.2, 0.25) is 5.91 Å². The first-order valence-electron chi connectivity index (χ1n) is 9.39. The van der Waals surface area contributed by atoms with E-state index in [1.165, 1.54) is 38.5 Å². The fourth-order valence-electron chi connectivity index (χ4n) is 2.71. The van der Waals surface area contributed by atoms with E-state index in [4.69, 9.17) is 10.8 Å². The topological polar surface area (TPSA) is 63.3 Å². The van der Waals surface area contributed by atoms with Gasteiger partial charge in [-0.1, -0.05) is 56.9 Å². The van der Waals surface area contributed by atoms with Gasteiger partial charge in [0.05, 0.1) is 0 Å². The van der Waals surface area contributed by atoms with Crippen molar-refractivity contribution < 1.29 is 9.90 Å². The molecule has 0 rings (SSSR count). The molecule has 1 atom stereocenters. The Labute approximate surface area is 143 Å². The summed E-state index contributed by atoms with van der Waals surface area (Å²) >= 11 is 0. The van der Waals surface area contributed by atoms with Crippen LogP contribution in [0.25, 0.3) is 0 Å². The Morgan fingerprint density at radius 2 is 1.61 bits per heavy atom. The molecule has 0 saturated carbocycles. The lowest BCUT2D eigenvalue weighted by atomic mass is 9.94. The molecule has 0 bridgehead atoms. The molecule has 0 heterocycles. The third kappa shape index (κ3) is 17.1. The minimum Gasteiger partial charge on any atom is -0.396 e. The fourth-order valence-corrected chi connectivity index (χ4v) is 2.71. The van der Waals surface area contributed by atoms with Crippen molar-refractivity contribution in [2.24, 2.45) is 11.7 Å². The number of hydrogen-bond donors (Lipinski definition) is 2. The van der Waals surface area contributed by atoms with Crippen LogP contribution < -0.4 is 5.73 Å². The monoisotopic (exact) mass is 323 g/mol. The van der Waals surface area contributed by atoms with E-state index < -0.39 is 0 Å². The number of primary amides is 1. The molecule has 0 aliphatic heterocycles. The SMILES string of the molecule is CCCCC/C=C\C/C=C\CCCCCC(CCO)CC(N)=O. The third-order valence-electron chi connectivity index (χ3n) is 4.09. The Hall–Kier alpha value is -1.09. The third-order valence-corrected chi connectivity index (χ3v) is 4.09. The first-order chi connectivity index (χ1) is 11.2. The van der Waals surface area contributed by atoms with Crippen LogP contribution >= 0.6 is 0 Å². The van der Waals surface area contributed by atoms with Gasteiger partial charge in [-0.2, -0.15) is 0 Å². The molecule has 0 fully saturated rings. The second kappa shape index (κ2) is 17.3. The van der Waals surface area contributed by atoms with Gasteiger partial charge >= 0.3 is 0 Å². The van der Waals surface area contributed by atoms with Crippen molar-refractivity contribution in [2.45, 2.75) is 84.0 Å². The van der Waals surface area contributed by atoms with Crippen molar-refractivity contribution in [1.82, 2.24) is 0 Å². The Morgan fingerprint density at radius 1 is 0.957 bits per heavy atom. The number of carbonyl (C=O) groups excluding carboxylic acids is 1. The molecule has 3 N–H and O–H groups in total. The Morgan fingerprint density at radius 3 is 2.17 bits per heavy atom. The van der Waals surface area contributed by atoms with Gasteiger partial charge in [-0.15, -0.1) is 0 Å². The summed E-state index contributed by atoms with van der Waals surface area (Å²) in [4.78, 5) is 10.9. The number of unbranched alkanes of at least 4 members (excludes halogenated alkanes) is 6. The van der Waals surface area contributed by atoms with Crippen molar-refractivity contribution in [3.8, 4) is 0 Å². The molecule has 0 radical (unpaired) electrons. The molecule has 0 aromatic heterocycles. The summed E-state index contributed by atoms with van der Waals surface area (Å²) in [5.74, 6) is 0.0000182. The van der Waals surface area contributed by atoms with Crippen molar-refractivity contribution in [3.63, 3.8) is 0 Å². The summed E-state index contributed by atoms with van der Waals surface area (Å²) in [6.07, 6.45) is 22.0. The maximum Gasteiger partial charge on any atom is 0.217 e. The second-order valence-electron chi connectivity index (χ2n) is 6.36. The molecule has 0 spiro atoms. The average Bonchev–Trinajstić information content (AvgIpc) is 2.51. The van der Waals surface area contributed by atoms with E-state index in [0.717, 1.165) is 25.7 Å². The van der Waals surface area contributed by atoms with Gasteiger partial charge in [0.1, 0.15) is 0 Å². The Bertz CT molecular complexity index is 324. The lowest BCUT2D eigenvalue weighted by molar-refractivity contribution is -0.119. The van der Waals surface area contributed by atoms with Crippen molar-refractivity contribution in [1.29, 1.82) is 0 Å². The highest BCUT2D eigenvalue weighted by Gasteiger charge is 2.10. The number of aliphatic hydroxyl groups excluding tert-OH is 1. The van der Waals surface area contributed by atoms with E-state index in [1.807, 2.05) is 0 Å². The molecule has 0 aromatic rings. The van der Waals surface area contributed by atoms with Crippen molar-refractivity contribution in [3.05, 3.63) is 24.3 Å². The normalized spacial score (nSPS) is 13.1. The highest BCUT2D eigenvalue weighted by Crippen LogP contribution is 2.17. The highest BCUT2D eigenvalue weighted by molar-refractivity contribution is 5.73. The van der Waals surface area contributed by atoms with Gasteiger partial charge in [0.15, 0.2) is 0 Å². The average molecular weight is 324 g/mol. The van der Waals surface area contributed by atoms with Crippen molar-refractivity contribution in [2.75, 3.05) is 6.61 Å². The van der Waals surface area contributed by atoms with Crippen LogP contribution in [0.15, 0.2) is 24.3 Å². The van der Waals surface area contributed by atoms with E-state index >= 15 is 0 Å².